The second-order valence-corrected chi connectivity index (χ2v) is 5.35. The molecule has 0 atom stereocenters. The van der Waals surface area contributed by atoms with Gasteiger partial charge in [-0.3, -0.25) is 5.10 Å². The number of aromatic nitrogens is 4. The van der Waals surface area contributed by atoms with Gasteiger partial charge in [0.1, 0.15) is 11.5 Å². The van der Waals surface area contributed by atoms with Crippen LogP contribution in [0.1, 0.15) is 11.1 Å². The van der Waals surface area contributed by atoms with Crippen LogP contribution in [-0.2, 0) is 0 Å². The molecule has 3 aromatic rings. The monoisotopic (exact) mass is 333 g/mol. The van der Waals surface area contributed by atoms with E-state index in [1.165, 1.54) is 0 Å². The summed E-state index contributed by atoms with van der Waals surface area (Å²) in [5, 5.41) is 10.6. The molecule has 102 valence electrons. The Morgan fingerprint density at radius 3 is 2.50 bits per heavy atom. The Bertz CT molecular complexity index is 754. The number of nitrogens with zero attached hydrogens (tertiary/aromatic N) is 3. The lowest BCUT2D eigenvalue weighted by Crippen LogP contribution is -1.87. The number of nitrogen functional groups attached to an aromatic ring is 1. The van der Waals surface area contributed by atoms with Crippen LogP contribution in [0.2, 0.25) is 0 Å². The van der Waals surface area contributed by atoms with Crippen LogP contribution in [0.15, 0.2) is 27.2 Å². The number of nitrogens with one attached hydrogen (secondary N) is 1. The molecule has 0 spiro atoms. The number of anilines is 1. The molecule has 0 fully saturated rings. The maximum atomic E-state index is 5.55. The van der Waals surface area contributed by atoms with Crippen molar-refractivity contribution in [2.24, 2.45) is 0 Å². The van der Waals surface area contributed by atoms with Crippen molar-refractivity contribution in [2.75, 3.05) is 5.73 Å². The number of aromatic amines is 1. The molecule has 6 nitrogen and oxygen atoms in total. The van der Waals surface area contributed by atoms with Gasteiger partial charge in [-0.25, -0.2) is 0 Å². The van der Waals surface area contributed by atoms with E-state index in [4.69, 9.17) is 10.3 Å². The van der Waals surface area contributed by atoms with Crippen LogP contribution >= 0.6 is 15.9 Å². The molecule has 0 aliphatic carbocycles. The Morgan fingerprint density at radius 2 is 1.90 bits per heavy atom. The van der Waals surface area contributed by atoms with Crippen LogP contribution in [0.3, 0.4) is 0 Å². The van der Waals surface area contributed by atoms with Crippen LogP contribution < -0.4 is 5.73 Å². The molecule has 0 bridgehead atoms. The van der Waals surface area contributed by atoms with Gasteiger partial charge in [0.25, 0.3) is 5.89 Å². The van der Waals surface area contributed by atoms with Gasteiger partial charge in [0, 0.05) is 16.1 Å². The molecule has 3 N–H and O–H groups in total. The van der Waals surface area contributed by atoms with Gasteiger partial charge in [-0.15, -0.1) is 0 Å². The molecule has 7 heteroatoms. The fraction of sp³-hybridized carbons (Fsp3) is 0.154. The number of halogens is 1. The quantitative estimate of drug-likeness (QED) is 0.751. The Balaban J connectivity index is 2.02. The van der Waals surface area contributed by atoms with E-state index in [9.17, 15) is 0 Å². The topological polar surface area (TPSA) is 93.6 Å². The van der Waals surface area contributed by atoms with Gasteiger partial charge in [-0.1, -0.05) is 21.1 Å². The molecular weight excluding hydrogens is 322 g/mol. The van der Waals surface area contributed by atoms with Gasteiger partial charge >= 0.3 is 0 Å². The van der Waals surface area contributed by atoms with Gasteiger partial charge in [-0.2, -0.15) is 10.1 Å². The molecular formula is C13H12BrN5O. The second kappa shape index (κ2) is 4.75. The first kappa shape index (κ1) is 12.9. The van der Waals surface area contributed by atoms with Gasteiger partial charge in [-0.05, 0) is 37.1 Å². The molecule has 0 amide bonds. The summed E-state index contributed by atoms with van der Waals surface area (Å²) in [6.07, 6.45) is 0. The highest BCUT2D eigenvalue weighted by molar-refractivity contribution is 9.10. The average molecular weight is 334 g/mol. The number of H-pyrrole nitrogens is 1. The maximum Gasteiger partial charge on any atom is 0.276 e. The summed E-state index contributed by atoms with van der Waals surface area (Å²) in [6.45, 7) is 4.05. The number of hydrogen-bond donors (Lipinski definition) is 2. The van der Waals surface area contributed by atoms with Crippen molar-refractivity contribution in [1.29, 1.82) is 0 Å². The molecule has 3 rings (SSSR count). The third kappa shape index (κ3) is 2.20. The van der Waals surface area contributed by atoms with Crippen molar-refractivity contribution in [2.45, 2.75) is 13.8 Å². The lowest BCUT2D eigenvalue weighted by atomic mass is 10.1. The SMILES string of the molecule is Cc1cc(-c2noc(-c3cc(N)n[nH]3)n2)cc(C)c1Br. The highest BCUT2D eigenvalue weighted by atomic mass is 79.9. The van der Waals surface area contributed by atoms with Crippen molar-refractivity contribution in [3.63, 3.8) is 0 Å². The van der Waals surface area contributed by atoms with Crippen LogP contribution in [0.5, 0.6) is 0 Å². The van der Waals surface area contributed by atoms with E-state index in [0.717, 1.165) is 21.2 Å². The fourth-order valence-electron chi connectivity index (χ4n) is 1.97. The third-order valence-electron chi connectivity index (χ3n) is 2.95. The highest BCUT2D eigenvalue weighted by Gasteiger charge is 2.14. The fourth-order valence-corrected chi connectivity index (χ4v) is 2.20. The lowest BCUT2D eigenvalue weighted by Gasteiger charge is -2.04. The largest absolute Gasteiger partial charge is 0.382 e. The van der Waals surface area contributed by atoms with E-state index in [1.54, 1.807) is 6.07 Å². The number of hydrogen-bond acceptors (Lipinski definition) is 5. The van der Waals surface area contributed by atoms with Crippen LogP contribution in [0.4, 0.5) is 5.82 Å². The normalized spacial score (nSPS) is 10.9. The zero-order valence-corrected chi connectivity index (χ0v) is 12.5. The second-order valence-electron chi connectivity index (χ2n) is 4.55. The first-order valence-electron chi connectivity index (χ1n) is 5.96. The summed E-state index contributed by atoms with van der Waals surface area (Å²) < 4.78 is 6.32. The Kier molecular flexibility index (Phi) is 3.06. The molecule has 0 aliphatic rings. The van der Waals surface area contributed by atoms with Crippen LogP contribution in [-0.4, -0.2) is 20.3 Å². The van der Waals surface area contributed by atoms with E-state index in [-0.39, 0.29) is 0 Å². The first-order chi connectivity index (χ1) is 9.54. The molecule has 1 aromatic carbocycles. The number of benzene rings is 1. The molecule has 0 unspecified atom stereocenters. The zero-order valence-electron chi connectivity index (χ0n) is 10.9. The molecule has 0 saturated heterocycles. The molecule has 2 heterocycles. The van der Waals surface area contributed by atoms with Crippen molar-refractivity contribution in [3.8, 4) is 23.0 Å². The molecule has 0 radical (unpaired) electrons. The van der Waals surface area contributed by atoms with Gasteiger partial charge in [0.05, 0.1) is 0 Å². The summed E-state index contributed by atoms with van der Waals surface area (Å²) in [5.74, 6) is 1.28. The highest BCUT2D eigenvalue weighted by Crippen LogP contribution is 2.28. The summed E-state index contributed by atoms with van der Waals surface area (Å²) in [5.41, 5.74) is 9.31. The van der Waals surface area contributed by atoms with Crippen molar-refractivity contribution < 1.29 is 4.52 Å². The van der Waals surface area contributed by atoms with E-state index < -0.39 is 0 Å². The average Bonchev–Trinajstić information content (AvgIpc) is 3.03. The van der Waals surface area contributed by atoms with Crippen LogP contribution in [0.25, 0.3) is 23.0 Å². The predicted molar refractivity (Wildman–Crippen MR) is 78.9 cm³/mol. The molecule has 2 aromatic heterocycles. The smallest absolute Gasteiger partial charge is 0.276 e. The Hall–Kier alpha value is -2.15. The minimum atomic E-state index is 0.363. The summed E-state index contributed by atoms with van der Waals surface area (Å²) in [4.78, 5) is 4.36. The van der Waals surface area contributed by atoms with E-state index >= 15 is 0 Å². The van der Waals surface area contributed by atoms with Crippen molar-refractivity contribution in [1.82, 2.24) is 20.3 Å². The third-order valence-corrected chi connectivity index (χ3v) is 4.20. The summed E-state index contributed by atoms with van der Waals surface area (Å²) in [6, 6.07) is 5.66. The number of aryl methyl sites for hydroxylation is 2. The number of nitrogens with two attached hydrogens (primary N) is 1. The van der Waals surface area contributed by atoms with Gasteiger partial charge in [0.15, 0.2) is 0 Å². The summed E-state index contributed by atoms with van der Waals surface area (Å²) >= 11 is 3.54. The first-order valence-corrected chi connectivity index (χ1v) is 6.76. The number of rotatable bonds is 2. The van der Waals surface area contributed by atoms with Crippen molar-refractivity contribution in [3.05, 3.63) is 33.8 Å². The minimum absolute atomic E-state index is 0.363. The van der Waals surface area contributed by atoms with E-state index in [2.05, 4.69) is 36.3 Å². The van der Waals surface area contributed by atoms with Gasteiger partial charge < -0.3 is 10.3 Å². The molecule has 0 saturated carbocycles. The van der Waals surface area contributed by atoms with Gasteiger partial charge in [0.2, 0.25) is 5.82 Å². The maximum absolute atomic E-state index is 5.55. The zero-order chi connectivity index (χ0) is 14.3. The Labute approximate surface area is 123 Å². The molecule has 20 heavy (non-hydrogen) atoms. The summed E-state index contributed by atoms with van der Waals surface area (Å²) in [7, 11) is 0. The predicted octanol–water partition coefficient (Wildman–Crippen LogP) is 3.09. The molecule has 0 aliphatic heterocycles. The van der Waals surface area contributed by atoms with Crippen molar-refractivity contribution >= 4 is 21.7 Å². The van der Waals surface area contributed by atoms with E-state index in [0.29, 0.717) is 23.2 Å². The standard InChI is InChI=1S/C13H12BrN5O/c1-6-3-8(4-7(2)11(6)14)12-16-13(20-19-12)9-5-10(15)18-17-9/h3-5H,1-2H3,(H3,15,17,18). The lowest BCUT2D eigenvalue weighted by molar-refractivity contribution is 0.431. The van der Waals surface area contributed by atoms with E-state index in [1.807, 2.05) is 26.0 Å². The van der Waals surface area contributed by atoms with Crippen LogP contribution in [0, 0.1) is 13.8 Å². The minimum Gasteiger partial charge on any atom is -0.382 e. The Morgan fingerprint density at radius 1 is 1.20 bits per heavy atom.